The van der Waals surface area contributed by atoms with Gasteiger partial charge >= 0.3 is 0 Å². The third-order valence-electron chi connectivity index (χ3n) is 3.72. The van der Waals surface area contributed by atoms with Crippen LogP contribution in [0.2, 0.25) is 0 Å². The fourth-order valence-corrected chi connectivity index (χ4v) is 2.26. The van der Waals surface area contributed by atoms with Crippen LogP contribution in [-0.2, 0) is 16.0 Å². The van der Waals surface area contributed by atoms with Crippen LogP contribution in [0.1, 0.15) is 17.5 Å². The fraction of sp³-hybridized carbons (Fsp3) is 0.300. The Kier molecular flexibility index (Phi) is 6.57. The molecule has 0 atom stereocenters. The molecule has 0 fully saturated rings. The third kappa shape index (κ3) is 6.30. The van der Waals surface area contributed by atoms with E-state index in [1.165, 1.54) is 10.5 Å². The van der Waals surface area contributed by atoms with Crippen molar-refractivity contribution >= 4 is 17.5 Å². The van der Waals surface area contributed by atoms with Crippen molar-refractivity contribution in [3.05, 3.63) is 59.7 Å². The molecule has 1 N–H and O–H groups in total. The predicted octanol–water partition coefficient (Wildman–Crippen LogP) is 3.03. The highest BCUT2D eigenvalue weighted by Gasteiger charge is 2.06. The number of carbonyl (C=O) groups excluding carboxylic acids is 2. The number of nitrogens with zero attached hydrogens (tertiary/aromatic N) is 1. The first-order valence-corrected chi connectivity index (χ1v) is 8.22. The highest BCUT2D eigenvalue weighted by Crippen LogP contribution is 2.16. The largest absolute Gasteiger partial charge is 0.484 e. The molecule has 5 nitrogen and oxygen atoms in total. The lowest BCUT2D eigenvalue weighted by Gasteiger charge is -2.11. The molecule has 0 aliphatic carbocycles. The van der Waals surface area contributed by atoms with E-state index >= 15 is 0 Å². The van der Waals surface area contributed by atoms with E-state index in [2.05, 4.69) is 11.4 Å². The molecule has 0 saturated heterocycles. The molecule has 0 aliphatic rings. The summed E-state index contributed by atoms with van der Waals surface area (Å²) in [7, 11) is 3.36. The van der Waals surface area contributed by atoms with Crippen molar-refractivity contribution in [2.45, 2.75) is 19.8 Å². The Balaban J connectivity index is 1.80. The Morgan fingerprint density at radius 1 is 1.08 bits per heavy atom. The fourth-order valence-electron chi connectivity index (χ4n) is 2.26. The van der Waals surface area contributed by atoms with Crippen molar-refractivity contribution in [3.8, 4) is 5.75 Å². The average molecular weight is 340 g/mol. The van der Waals surface area contributed by atoms with Crippen molar-refractivity contribution in [2.75, 3.05) is 26.0 Å². The molecule has 2 amide bonds. The molecule has 0 aliphatic heterocycles. The van der Waals surface area contributed by atoms with E-state index in [0.717, 1.165) is 5.56 Å². The van der Waals surface area contributed by atoms with Gasteiger partial charge < -0.3 is 15.0 Å². The molecule has 0 unspecified atom stereocenters. The number of ether oxygens (including phenoxy) is 1. The summed E-state index contributed by atoms with van der Waals surface area (Å²) >= 11 is 0. The lowest BCUT2D eigenvalue weighted by molar-refractivity contribution is -0.130. The molecule has 0 bridgehead atoms. The van der Waals surface area contributed by atoms with Gasteiger partial charge in [0.05, 0.1) is 0 Å². The number of nitrogens with one attached hydrogen (secondary N) is 1. The first kappa shape index (κ1) is 18.5. The monoisotopic (exact) mass is 340 g/mol. The number of rotatable bonds is 7. The highest BCUT2D eigenvalue weighted by atomic mass is 16.5. The number of anilines is 1. The standard InChI is InChI=1S/C20H24N2O3/c1-15-5-4-6-16(13-15)7-12-19(23)21-17-8-10-18(11-9-17)25-14-20(24)22(2)3/h4-6,8-11,13H,7,12,14H2,1-3H3,(H,21,23). The van der Waals surface area contributed by atoms with Gasteiger partial charge in [-0.05, 0) is 43.2 Å². The Hall–Kier alpha value is -2.82. The lowest BCUT2D eigenvalue weighted by atomic mass is 10.1. The highest BCUT2D eigenvalue weighted by molar-refractivity contribution is 5.90. The van der Waals surface area contributed by atoms with E-state index in [4.69, 9.17) is 4.74 Å². The number of hydrogen-bond acceptors (Lipinski definition) is 3. The summed E-state index contributed by atoms with van der Waals surface area (Å²) in [5.41, 5.74) is 3.06. The van der Waals surface area contributed by atoms with Crippen molar-refractivity contribution in [1.29, 1.82) is 0 Å². The van der Waals surface area contributed by atoms with Gasteiger partial charge in [0.25, 0.3) is 5.91 Å². The molecule has 5 heteroatoms. The van der Waals surface area contributed by atoms with Crippen LogP contribution in [0.3, 0.4) is 0 Å². The van der Waals surface area contributed by atoms with E-state index in [1.54, 1.807) is 38.4 Å². The molecule has 132 valence electrons. The molecule has 0 heterocycles. The second kappa shape index (κ2) is 8.87. The van der Waals surface area contributed by atoms with E-state index in [0.29, 0.717) is 24.3 Å². The Morgan fingerprint density at radius 3 is 2.44 bits per heavy atom. The van der Waals surface area contributed by atoms with Crippen molar-refractivity contribution in [3.63, 3.8) is 0 Å². The predicted molar refractivity (Wildman–Crippen MR) is 98.8 cm³/mol. The SMILES string of the molecule is Cc1cccc(CCC(=O)Nc2ccc(OCC(=O)N(C)C)cc2)c1. The first-order chi connectivity index (χ1) is 11.9. The van der Waals surface area contributed by atoms with Gasteiger partial charge in [-0.25, -0.2) is 0 Å². The number of likely N-dealkylation sites (N-methyl/N-ethyl adjacent to an activating group) is 1. The molecular weight excluding hydrogens is 316 g/mol. The molecule has 0 radical (unpaired) electrons. The minimum atomic E-state index is -0.103. The second-order valence-corrected chi connectivity index (χ2v) is 6.14. The molecular formula is C20H24N2O3. The molecule has 2 aromatic carbocycles. The minimum absolute atomic E-state index is 0.00476. The van der Waals surface area contributed by atoms with Gasteiger partial charge in [-0.3, -0.25) is 9.59 Å². The summed E-state index contributed by atoms with van der Waals surface area (Å²) < 4.78 is 5.40. The molecule has 25 heavy (non-hydrogen) atoms. The number of hydrogen-bond donors (Lipinski definition) is 1. The van der Waals surface area contributed by atoms with Crippen LogP contribution in [0.15, 0.2) is 48.5 Å². The van der Waals surface area contributed by atoms with E-state index in [9.17, 15) is 9.59 Å². The maximum atomic E-state index is 12.1. The normalized spacial score (nSPS) is 10.2. The smallest absolute Gasteiger partial charge is 0.259 e. The maximum absolute atomic E-state index is 12.1. The van der Waals surface area contributed by atoms with E-state index in [-0.39, 0.29) is 18.4 Å². The number of amides is 2. The van der Waals surface area contributed by atoms with E-state index in [1.807, 2.05) is 25.1 Å². The van der Waals surface area contributed by atoms with Crippen LogP contribution in [-0.4, -0.2) is 37.4 Å². The maximum Gasteiger partial charge on any atom is 0.259 e. The topological polar surface area (TPSA) is 58.6 Å². The Labute approximate surface area is 148 Å². The first-order valence-electron chi connectivity index (χ1n) is 8.22. The van der Waals surface area contributed by atoms with Gasteiger partial charge in [-0.1, -0.05) is 29.8 Å². The Bertz CT molecular complexity index is 724. The van der Waals surface area contributed by atoms with Gasteiger partial charge in [-0.2, -0.15) is 0 Å². The number of carbonyl (C=O) groups is 2. The molecule has 2 aromatic rings. The summed E-state index contributed by atoms with van der Waals surface area (Å²) in [4.78, 5) is 25.0. The van der Waals surface area contributed by atoms with Gasteiger partial charge in [-0.15, -0.1) is 0 Å². The van der Waals surface area contributed by atoms with Crippen molar-refractivity contribution < 1.29 is 14.3 Å². The lowest BCUT2D eigenvalue weighted by Crippen LogP contribution is -2.27. The zero-order valence-electron chi connectivity index (χ0n) is 14.9. The number of aryl methyl sites for hydroxylation is 2. The Morgan fingerprint density at radius 2 is 1.80 bits per heavy atom. The van der Waals surface area contributed by atoms with Crippen molar-refractivity contribution in [1.82, 2.24) is 4.90 Å². The van der Waals surface area contributed by atoms with Gasteiger partial charge in [0.1, 0.15) is 5.75 Å². The van der Waals surface area contributed by atoms with Crippen LogP contribution in [0.4, 0.5) is 5.69 Å². The van der Waals surface area contributed by atoms with E-state index < -0.39 is 0 Å². The zero-order chi connectivity index (χ0) is 18.2. The summed E-state index contributed by atoms with van der Waals surface area (Å²) in [6, 6.07) is 15.2. The van der Waals surface area contributed by atoms with Gasteiger partial charge in [0.15, 0.2) is 6.61 Å². The van der Waals surface area contributed by atoms with Crippen LogP contribution in [0.5, 0.6) is 5.75 Å². The van der Waals surface area contributed by atoms with Crippen LogP contribution < -0.4 is 10.1 Å². The van der Waals surface area contributed by atoms with Crippen LogP contribution in [0.25, 0.3) is 0 Å². The van der Waals surface area contributed by atoms with Gasteiger partial charge in [0.2, 0.25) is 5.91 Å². The van der Waals surface area contributed by atoms with Crippen LogP contribution >= 0.6 is 0 Å². The van der Waals surface area contributed by atoms with Crippen molar-refractivity contribution in [2.24, 2.45) is 0 Å². The number of benzene rings is 2. The minimum Gasteiger partial charge on any atom is -0.484 e. The molecule has 2 rings (SSSR count). The molecule has 0 aromatic heterocycles. The third-order valence-corrected chi connectivity index (χ3v) is 3.72. The summed E-state index contributed by atoms with van der Waals surface area (Å²) in [5, 5.41) is 2.87. The van der Waals surface area contributed by atoms with Crippen LogP contribution in [0, 0.1) is 6.92 Å². The molecule has 0 saturated carbocycles. The summed E-state index contributed by atoms with van der Waals surface area (Å²) in [5.74, 6) is 0.458. The zero-order valence-corrected chi connectivity index (χ0v) is 14.9. The summed E-state index contributed by atoms with van der Waals surface area (Å²) in [6.07, 6.45) is 1.14. The second-order valence-electron chi connectivity index (χ2n) is 6.14. The summed E-state index contributed by atoms with van der Waals surface area (Å²) in [6.45, 7) is 2.04. The van der Waals surface area contributed by atoms with Gasteiger partial charge in [0, 0.05) is 26.2 Å². The molecule has 0 spiro atoms. The average Bonchev–Trinajstić information content (AvgIpc) is 2.59. The quantitative estimate of drug-likeness (QED) is 0.843.